The summed E-state index contributed by atoms with van der Waals surface area (Å²) in [6, 6.07) is 7.34. The molecule has 0 aliphatic carbocycles. The standard InChI is InChI=1S/C20H29FN2O/c1-17(23-13-15-24-16-14-23)19-8-11-22(12-9-19)10-2-3-18-4-6-20(21)7-5-18/h2-7,17,19H,8-16H2,1H3/b3-2+/t17-/m0/s1. The van der Waals surface area contributed by atoms with Crippen LogP contribution in [0, 0.1) is 11.7 Å². The SMILES string of the molecule is C[C@@H](C1CCN(C/C=C/c2ccc(F)cc2)CC1)N1CCOCC1. The van der Waals surface area contributed by atoms with Gasteiger partial charge in [-0.05, 0) is 56.5 Å². The molecule has 0 aromatic heterocycles. The summed E-state index contributed by atoms with van der Waals surface area (Å²) in [5.74, 6) is 0.629. The summed E-state index contributed by atoms with van der Waals surface area (Å²) in [5.41, 5.74) is 1.06. The van der Waals surface area contributed by atoms with Crippen molar-refractivity contribution >= 4 is 6.08 Å². The smallest absolute Gasteiger partial charge is 0.123 e. The highest BCUT2D eigenvalue weighted by atomic mass is 19.1. The minimum Gasteiger partial charge on any atom is -0.379 e. The molecule has 2 saturated heterocycles. The first-order valence-electron chi connectivity index (χ1n) is 9.18. The Kier molecular flexibility index (Phi) is 6.41. The Morgan fingerprint density at radius 2 is 1.79 bits per heavy atom. The number of rotatable bonds is 5. The molecular formula is C20H29FN2O. The van der Waals surface area contributed by atoms with Gasteiger partial charge in [0.25, 0.3) is 0 Å². The van der Waals surface area contributed by atoms with E-state index in [0.29, 0.717) is 6.04 Å². The molecule has 0 bridgehead atoms. The largest absolute Gasteiger partial charge is 0.379 e. The maximum Gasteiger partial charge on any atom is 0.123 e. The van der Waals surface area contributed by atoms with Gasteiger partial charge in [0, 0.05) is 25.7 Å². The Morgan fingerprint density at radius 3 is 2.46 bits per heavy atom. The van der Waals surface area contributed by atoms with E-state index in [0.717, 1.165) is 44.3 Å². The summed E-state index contributed by atoms with van der Waals surface area (Å²) in [7, 11) is 0. The minimum absolute atomic E-state index is 0.177. The first-order valence-corrected chi connectivity index (χ1v) is 9.18. The second kappa shape index (κ2) is 8.75. The fraction of sp³-hybridized carbons (Fsp3) is 0.600. The summed E-state index contributed by atoms with van der Waals surface area (Å²) >= 11 is 0. The van der Waals surface area contributed by atoms with Crippen LogP contribution in [-0.2, 0) is 4.74 Å². The molecule has 2 aliphatic heterocycles. The van der Waals surface area contributed by atoms with Gasteiger partial charge >= 0.3 is 0 Å². The molecule has 0 spiro atoms. The Morgan fingerprint density at radius 1 is 1.12 bits per heavy atom. The molecule has 2 aliphatic rings. The quantitative estimate of drug-likeness (QED) is 0.823. The topological polar surface area (TPSA) is 15.7 Å². The van der Waals surface area contributed by atoms with E-state index in [2.05, 4.69) is 28.9 Å². The predicted molar refractivity (Wildman–Crippen MR) is 96.5 cm³/mol. The molecule has 2 heterocycles. The number of ether oxygens (including phenoxy) is 1. The number of nitrogens with zero attached hydrogens (tertiary/aromatic N) is 2. The number of piperidine rings is 1. The lowest BCUT2D eigenvalue weighted by molar-refractivity contribution is -0.000953. The molecule has 24 heavy (non-hydrogen) atoms. The van der Waals surface area contributed by atoms with Crippen LogP contribution >= 0.6 is 0 Å². The third-order valence-electron chi connectivity index (χ3n) is 5.48. The van der Waals surface area contributed by atoms with Crippen molar-refractivity contribution < 1.29 is 9.13 Å². The van der Waals surface area contributed by atoms with E-state index in [4.69, 9.17) is 4.74 Å². The zero-order valence-electron chi connectivity index (χ0n) is 14.7. The van der Waals surface area contributed by atoms with Gasteiger partial charge in [-0.2, -0.15) is 0 Å². The maximum atomic E-state index is 12.9. The van der Waals surface area contributed by atoms with Gasteiger partial charge in [-0.25, -0.2) is 4.39 Å². The van der Waals surface area contributed by atoms with E-state index in [1.165, 1.54) is 38.1 Å². The summed E-state index contributed by atoms with van der Waals surface area (Å²) in [4.78, 5) is 5.11. The van der Waals surface area contributed by atoms with E-state index < -0.39 is 0 Å². The van der Waals surface area contributed by atoms with Crippen LogP contribution in [0.4, 0.5) is 4.39 Å². The lowest BCUT2D eigenvalue weighted by Gasteiger charge is -2.40. The van der Waals surface area contributed by atoms with E-state index in [1.807, 2.05) is 12.1 Å². The summed E-state index contributed by atoms with van der Waals surface area (Å²) < 4.78 is 18.4. The van der Waals surface area contributed by atoms with Crippen molar-refractivity contribution in [2.45, 2.75) is 25.8 Å². The normalized spacial score (nSPS) is 22.9. The average Bonchev–Trinajstić information content (AvgIpc) is 2.64. The monoisotopic (exact) mass is 332 g/mol. The molecule has 1 aromatic carbocycles. The van der Waals surface area contributed by atoms with Crippen LogP contribution in [0.25, 0.3) is 6.08 Å². The molecule has 0 saturated carbocycles. The Balaban J connectivity index is 1.40. The van der Waals surface area contributed by atoms with Gasteiger partial charge in [0.15, 0.2) is 0 Å². The molecule has 2 fully saturated rings. The predicted octanol–water partition coefficient (Wildman–Crippen LogP) is 3.27. The molecule has 3 rings (SSSR count). The molecule has 4 heteroatoms. The van der Waals surface area contributed by atoms with E-state index in [9.17, 15) is 4.39 Å². The van der Waals surface area contributed by atoms with Gasteiger partial charge in [-0.15, -0.1) is 0 Å². The fourth-order valence-electron chi connectivity index (χ4n) is 3.81. The van der Waals surface area contributed by atoms with E-state index in [1.54, 1.807) is 0 Å². The van der Waals surface area contributed by atoms with Crippen LogP contribution < -0.4 is 0 Å². The third-order valence-corrected chi connectivity index (χ3v) is 5.48. The van der Waals surface area contributed by atoms with Crippen molar-refractivity contribution in [1.82, 2.24) is 9.80 Å². The molecule has 0 amide bonds. The second-order valence-corrected chi connectivity index (χ2v) is 6.98. The first-order chi connectivity index (χ1) is 11.7. The highest BCUT2D eigenvalue weighted by Gasteiger charge is 2.28. The third kappa shape index (κ3) is 4.88. The van der Waals surface area contributed by atoms with Crippen LogP contribution in [0.1, 0.15) is 25.3 Å². The van der Waals surface area contributed by atoms with Gasteiger partial charge in [0.1, 0.15) is 5.82 Å². The minimum atomic E-state index is -0.177. The van der Waals surface area contributed by atoms with E-state index >= 15 is 0 Å². The molecule has 1 atom stereocenters. The van der Waals surface area contributed by atoms with Gasteiger partial charge in [-0.3, -0.25) is 9.80 Å². The number of morpholine rings is 1. The average molecular weight is 332 g/mol. The maximum absolute atomic E-state index is 12.9. The zero-order valence-corrected chi connectivity index (χ0v) is 14.7. The highest BCUT2D eigenvalue weighted by Crippen LogP contribution is 2.24. The van der Waals surface area contributed by atoms with Crippen molar-refractivity contribution in [3.8, 4) is 0 Å². The molecule has 0 unspecified atom stereocenters. The van der Waals surface area contributed by atoms with Crippen molar-refractivity contribution in [3.63, 3.8) is 0 Å². The molecule has 3 nitrogen and oxygen atoms in total. The Hall–Kier alpha value is -1.23. The number of likely N-dealkylation sites (tertiary alicyclic amines) is 1. The van der Waals surface area contributed by atoms with Crippen LogP contribution in [0.15, 0.2) is 30.3 Å². The zero-order chi connectivity index (χ0) is 16.8. The number of halogens is 1. The highest BCUT2D eigenvalue weighted by molar-refractivity contribution is 5.48. The summed E-state index contributed by atoms with van der Waals surface area (Å²) in [5, 5.41) is 0. The van der Waals surface area contributed by atoms with Crippen molar-refractivity contribution in [2.24, 2.45) is 5.92 Å². The van der Waals surface area contributed by atoms with Gasteiger partial charge < -0.3 is 4.74 Å². The first kappa shape index (κ1) is 17.6. The lowest BCUT2D eigenvalue weighted by atomic mass is 9.89. The Bertz CT molecular complexity index is 517. The van der Waals surface area contributed by atoms with Crippen LogP contribution in [0.2, 0.25) is 0 Å². The summed E-state index contributed by atoms with van der Waals surface area (Å²) in [6.07, 6.45) is 6.84. The summed E-state index contributed by atoms with van der Waals surface area (Å²) in [6.45, 7) is 9.66. The molecule has 0 N–H and O–H groups in total. The van der Waals surface area contributed by atoms with Crippen molar-refractivity contribution in [3.05, 3.63) is 41.7 Å². The van der Waals surface area contributed by atoms with Gasteiger partial charge in [0.2, 0.25) is 0 Å². The van der Waals surface area contributed by atoms with Crippen molar-refractivity contribution in [1.29, 1.82) is 0 Å². The van der Waals surface area contributed by atoms with Crippen molar-refractivity contribution in [2.75, 3.05) is 45.9 Å². The number of hydrogen-bond acceptors (Lipinski definition) is 3. The van der Waals surface area contributed by atoms with Crippen LogP contribution in [-0.4, -0.2) is 61.8 Å². The molecule has 0 radical (unpaired) electrons. The fourth-order valence-corrected chi connectivity index (χ4v) is 3.81. The van der Waals surface area contributed by atoms with E-state index in [-0.39, 0.29) is 5.82 Å². The second-order valence-electron chi connectivity index (χ2n) is 6.98. The molecule has 1 aromatic rings. The Labute approximate surface area is 145 Å². The van der Waals surface area contributed by atoms with Crippen LogP contribution in [0.3, 0.4) is 0 Å². The number of benzene rings is 1. The van der Waals surface area contributed by atoms with Crippen LogP contribution in [0.5, 0.6) is 0 Å². The van der Waals surface area contributed by atoms with Gasteiger partial charge in [-0.1, -0.05) is 24.3 Å². The lowest BCUT2D eigenvalue weighted by Crippen LogP contribution is -2.48. The molecule has 132 valence electrons. The molecular weight excluding hydrogens is 303 g/mol. The number of hydrogen-bond donors (Lipinski definition) is 0. The van der Waals surface area contributed by atoms with Gasteiger partial charge in [0.05, 0.1) is 13.2 Å².